The molecule has 10 nitrogen and oxygen atoms in total. The van der Waals surface area contributed by atoms with Crippen molar-refractivity contribution in [1.82, 2.24) is 10.3 Å². The number of carboxylic acid groups (broad SMARTS) is 1. The fourth-order valence-electron chi connectivity index (χ4n) is 7.11. The number of fused-ring (bicyclic) bond motifs is 1. The van der Waals surface area contributed by atoms with E-state index in [1.165, 1.54) is 12.1 Å². The summed E-state index contributed by atoms with van der Waals surface area (Å²) >= 11 is 0. The first-order valence-corrected chi connectivity index (χ1v) is 18.2. The number of H-pyrrole nitrogens is 1. The van der Waals surface area contributed by atoms with Crippen LogP contribution in [0.25, 0.3) is 22.0 Å². The zero-order chi connectivity index (χ0) is 36.5. The van der Waals surface area contributed by atoms with Crippen LogP contribution < -0.4 is 26.2 Å². The predicted octanol–water partition coefficient (Wildman–Crippen LogP) is 7.23. The number of nitrogens with one attached hydrogen (secondary N) is 2. The van der Waals surface area contributed by atoms with Gasteiger partial charge in [-0.25, -0.2) is 4.79 Å². The highest BCUT2D eigenvalue weighted by molar-refractivity contribution is 5.94. The maximum atomic E-state index is 12.7. The molecule has 0 saturated heterocycles. The maximum Gasteiger partial charge on any atom is 0.412 e. The van der Waals surface area contributed by atoms with Crippen LogP contribution >= 0.6 is 0 Å². The average molecular weight is 745 g/mol. The van der Waals surface area contributed by atoms with Crippen LogP contribution in [0.5, 0.6) is 11.5 Å². The van der Waals surface area contributed by atoms with Crippen LogP contribution in [-0.2, 0) is 12.8 Å². The van der Waals surface area contributed by atoms with Crippen molar-refractivity contribution in [2.24, 2.45) is 5.73 Å². The van der Waals surface area contributed by atoms with Gasteiger partial charge in [0.15, 0.2) is 0 Å². The Hall–Kier alpha value is -5.30. The van der Waals surface area contributed by atoms with Gasteiger partial charge in [-0.1, -0.05) is 60.7 Å². The number of rotatable bonds is 15. The molecular formula is C42H50F2N4O6. The van der Waals surface area contributed by atoms with Crippen molar-refractivity contribution in [3.8, 4) is 22.6 Å². The molecule has 6 rings (SSSR count). The molecule has 1 fully saturated rings. The number of hydrogen-bond donors (Lipinski definition) is 6. The van der Waals surface area contributed by atoms with Gasteiger partial charge >= 0.3 is 6.09 Å². The highest BCUT2D eigenvalue weighted by Crippen LogP contribution is 2.36. The molecule has 1 aliphatic carbocycles. The van der Waals surface area contributed by atoms with Crippen LogP contribution in [0.3, 0.4) is 0 Å². The van der Waals surface area contributed by atoms with Crippen molar-refractivity contribution < 1.29 is 34.3 Å². The number of carbonyl (C=O) groups is 1. The molecular weight excluding hydrogens is 694 g/mol. The topological polar surface area (TPSA) is 161 Å². The molecule has 12 heteroatoms. The minimum atomic E-state index is -0.927. The summed E-state index contributed by atoms with van der Waals surface area (Å²) in [6.07, 6.45) is 4.80. The van der Waals surface area contributed by atoms with Crippen LogP contribution in [-0.4, -0.2) is 58.2 Å². The van der Waals surface area contributed by atoms with Crippen molar-refractivity contribution in [1.29, 1.82) is 0 Å². The van der Waals surface area contributed by atoms with Gasteiger partial charge in [0.2, 0.25) is 5.56 Å². The number of ether oxygens (including phenoxy) is 1. The number of phenols is 1. The van der Waals surface area contributed by atoms with E-state index in [1.54, 1.807) is 17.0 Å². The summed E-state index contributed by atoms with van der Waals surface area (Å²) in [5.41, 5.74) is 11.7. The SMILES string of the molecule is F.F.NC1CCC(N(C(=O)O)c2cc(CCCCOc3ccc(CCNC[C@@H](O)c4ccc(O)c5[nH]c(=O)ccc45)cc3)ccc2-c2ccccc2)CC1. The predicted molar refractivity (Wildman–Crippen MR) is 210 cm³/mol. The lowest BCUT2D eigenvalue weighted by molar-refractivity contribution is 0.176. The van der Waals surface area contributed by atoms with Gasteiger partial charge in [-0.3, -0.25) is 19.1 Å². The van der Waals surface area contributed by atoms with Crippen molar-refractivity contribution >= 4 is 22.7 Å². The van der Waals surface area contributed by atoms with E-state index in [2.05, 4.69) is 28.5 Å². The van der Waals surface area contributed by atoms with Crippen LogP contribution in [0.1, 0.15) is 61.3 Å². The Morgan fingerprint density at radius 1 is 0.889 bits per heavy atom. The number of aromatic amines is 1. The molecule has 1 heterocycles. The molecule has 1 amide bonds. The van der Waals surface area contributed by atoms with Crippen LogP contribution in [0.15, 0.2) is 102 Å². The number of hydrogen-bond acceptors (Lipinski definition) is 7. The molecule has 1 aromatic heterocycles. The lowest BCUT2D eigenvalue weighted by atomic mass is 9.89. The smallest absolute Gasteiger partial charge is 0.412 e. The number of amides is 1. The van der Waals surface area contributed by atoms with Crippen molar-refractivity contribution in [2.45, 2.75) is 69.6 Å². The summed E-state index contributed by atoms with van der Waals surface area (Å²) in [7, 11) is 0. The third kappa shape index (κ3) is 10.4. The second-order valence-corrected chi connectivity index (χ2v) is 13.6. The Balaban J connectivity index is 0.00000325. The largest absolute Gasteiger partial charge is 0.506 e. The normalized spacial score (nSPS) is 15.8. The first-order chi connectivity index (χ1) is 25.3. The lowest BCUT2D eigenvalue weighted by Crippen LogP contribution is -2.44. The zero-order valence-corrected chi connectivity index (χ0v) is 30.2. The van der Waals surface area contributed by atoms with Crippen LogP contribution in [0.4, 0.5) is 19.9 Å². The van der Waals surface area contributed by atoms with Crippen molar-refractivity contribution in [3.05, 3.63) is 124 Å². The second kappa shape index (κ2) is 19.7. The number of anilines is 1. The standard InChI is InChI=1S/C42H48N4O6.2FH/c43-31-12-14-32(15-13-31)46(42(50)51)37-26-29(11-18-34(37)30-7-2-1-3-8-30)6-4-5-25-52-33-16-9-28(10-17-33)23-24-44-27-39(48)35-19-21-38(47)41-36(35)20-22-40(49)45-41;;/h1-3,7-11,16-22,26,31-32,39,44,47-48H,4-6,12-15,23-25,27,43H2,(H,45,49)(H,50,51);2*1H/t31?,32?,39-;;/m1../s1. The molecule has 1 atom stereocenters. The molecule has 288 valence electrons. The van der Waals surface area contributed by atoms with E-state index in [0.717, 1.165) is 85.1 Å². The molecule has 7 N–H and O–H groups in total. The number of benzene rings is 4. The molecule has 0 unspecified atom stereocenters. The second-order valence-electron chi connectivity index (χ2n) is 13.6. The van der Waals surface area contributed by atoms with Gasteiger partial charge in [0.1, 0.15) is 11.5 Å². The van der Waals surface area contributed by atoms with E-state index >= 15 is 0 Å². The Morgan fingerprint density at radius 2 is 1.61 bits per heavy atom. The summed E-state index contributed by atoms with van der Waals surface area (Å²) < 4.78 is 6.03. The number of aromatic nitrogens is 1. The Morgan fingerprint density at radius 3 is 2.33 bits per heavy atom. The molecule has 0 bridgehead atoms. The number of phenolic OH excluding ortho intramolecular Hbond substituents is 1. The highest BCUT2D eigenvalue weighted by Gasteiger charge is 2.30. The third-order valence-electron chi connectivity index (χ3n) is 9.96. The summed E-state index contributed by atoms with van der Waals surface area (Å²) in [6, 6.07) is 30.4. The molecule has 4 aromatic carbocycles. The number of nitrogens with zero attached hydrogens (tertiary/aromatic N) is 1. The first-order valence-electron chi connectivity index (χ1n) is 18.2. The molecule has 54 heavy (non-hydrogen) atoms. The minimum Gasteiger partial charge on any atom is -0.506 e. The molecule has 1 saturated carbocycles. The Bertz CT molecular complexity index is 2000. The van der Waals surface area contributed by atoms with Crippen LogP contribution in [0, 0.1) is 0 Å². The number of unbranched alkanes of at least 4 members (excludes halogenated alkanes) is 1. The number of pyridine rings is 1. The van der Waals surface area contributed by atoms with Gasteiger partial charge in [0.05, 0.1) is 23.9 Å². The lowest BCUT2D eigenvalue weighted by Gasteiger charge is -2.35. The van der Waals surface area contributed by atoms with Gasteiger partial charge in [0, 0.05) is 35.6 Å². The van der Waals surface area contributed by atoms with Crippen molar-refractivity contribution in [2.75, 3.05) is 24.6 Å². The van der Waals surface area contributed by atoms with E-state index in [1.807, 2.05) is 54.6 Å². The number of aliphatic hydroxyl groups is 1. The van der Waals surface area contributed by atoms with E-state index in [4.69, 9.17) is 10.5 Å². The fraction of sp³-hybridized carbons (Fsp3) is 0.333. The quantitative estimate of drug-likeness (QED) is 0.0613. The molecule has 0 aliphatic heterocycles. The Kier molecular flexibility index (Phi) is 15.1. The summed E-state index contributed by atoms with van der Waals surface area (Å²) in [6.45, 7) is 1.57. The molecule has 5 aromatic rings. The zero-order valence-electron chi connectivity index (χ0n) is 30.2. The molecule has 0 radical (unpaired) electrons. The maximum absolute atomic E-state index is 12.7. The fourth-order valence-corrected chi connectivity index (χ4v) is 7.11. The molecule has 1 aliphatic rings. The summed E-state index contributed by atoms with van der Waals surface area (Å²) in [4.78, 5) is 28.6. The number of halogens is 2. The molecule has 0 spiro atoms. The number of aromatic hydroxyl groups is 1. The van der Waals surface area contributed by atoms with Gasteiger partial charge in [-0.2, -0.15) is 0 Å². The Labute approximate surface area is 313 Å². The summed E-state index contributed by atoms with van der Waals surface area (Å²) in [5.74, 6) is 0.776. The van der Waals surface area contributed by atoms with Gasteiger partial charge in [-0.15, -0.1) is 0 Å². The van der Waals surface area contributed by atoms with Gasteiger partial charge in [0.25, 0.3) is 0 Å². The van der Waals surface area contributed by atoms with E-state index in [-0.39, 0.29) is 32.8 Å². The van der Waals surface area contributed by atoms with E-state index in [0.29, 0.717) is 36.2 Å². The van der Waals surface area contributed by atoms with Crippen LogP contribution in [0.2, 0.25) is 0 Å². The van der Waals surface area contributed by atoms with E-state index in [9.17, 15) is 24.9 Å². The minimum absolute atomic E-state index is 0. The van der Waals surface area contributed by atoms with Gasteiger partial charge in [-0.05, 0) is 110 Å². The third-order valence-corrected chi connectivity index (χ3v) is 9.96. The average Bonchev–Trinajstić information content (AvgIpc) is 3.15. The number of nitrogens with two attached hydrogens (primary N) is 1. The van der Waals surface area contributed by atoms with Crippen molar-refractivity contribution in [3.63, 3.8) is 0 Å². The highest BCUT2D eigenvalue weighted by atomic mass is 19.0. The first kappa shape index (κ1) is 41.5. The van der Waals surface area contributed by atoms with Gasteiger partial charge < -0.3 is 36.1 Å². The number of aliphatic hydroxyl groups excluding tert-OH is 1. The summed E-state index contributed by atoms with van der Waals surface area (Å²) in [5, 5.41) is 35.2. The van der Waals surface area contributed by atoms with E-state index < -0.39 is 12.2 Å². The number of aryl methyl sites for hydroxylation is 1. The monoisotopic (exact) mass is 744 g/mol.